The number of nitrogens with zero attached hydrogens (tertiary/aromatic N) is 2. The average molecular weight is 337 g/mol. The zero-order valence-electron chi connectivity index (χ0n) is 12.7. The molecule has 118 valence electrons. The summed E-state index contributed by atoms with van der Waals surface area (Å²) in [6.07, 6.45) is 0. The van der Waals surface area contributed by atoms with E-state index in [1.165, 1.54) is 23.5 Å². The first-order valence-electron chi connectivity index (χ1n) is 7.34. The Morgan fingerprint density at radius 2 is 1.92 bits per heavy atom. The Kier molecular flexibility index (Phi) is 3.46. The summed E-state index contributed by atoms with van der Waals surface area (Å²) in [5, 5.41) is 3.97. The van der Waals surface area contributed by atoms with Crippen LogP contribution < -0.4 is 5.32 Å². The predicted molar refractivity (Wildman–Crippen MR) is 94.0 cm³/mol. The summed E-state index contributed by atoms with van der Waals surface area (Å²) in [5.74, 6) is -0.658. The molecule has 6 heteroatoms. The largest absolute Gasteiger partial charge is 0.298 e. The number of hydrogen-bond acceptors (Lipinski definition) is 4. The zero-order valence-corrected chi connectivity index (χ0v) is 13.5. The summed E-state index contributed by atoms with van der Waals surface area (Å²) in [5.41, 5.74) is 2.42. The first-order chi connectivity index (χ1) is 11.6. The third kappa shape index (κ3) is 2.61. The number of para-hydroxylation sites is 1. The molecule has 1 amide bonds. The lowest BCUT2D eigenvalue weighted by Gasteiger charge is -2.07. The molecule has 2 aromatic heterocycles. The van der Waals surface area contributed by atoms with Gasteiger partial charge < -0.3 is 0 Å². The molecule has 0 aliphatic heterocycles. The minimum Gasteiger partial charge on any atom is -0.298 e. The van der Waals surface area contributed by atoms with Crippen molar-refractivity contribution in [2.24, 2.45) is 0 Å². The molecule has 0 aliphatic carbocycles. The van der Waals surface area contributed by atoms with Crippen molar-refractivity contribution in [3.05, 3.63) is 65.6 Å². The first-order valence-corrected chi connectivity index (χ1v) is 8.16. The first kappa shape index (κ1) is 14.7. The molecule has 0 bridgehead atoms. The maximum absolute atomic E-state index is 13.4. The Hall–Kier alpha value is -2.86. The number of halogens is 1. The second-order valence-electron chi connectivity index (χ2n) is 5.41. The van der Waals surface area contributed by atoms with Crippen LogP contribution in [-0.2, 0) is 0 Å². The van der Waals surface area contributed by atoms with Gasteiger partial charge in [-0.2, -0.15) is 0 Å². The summed E-state index contributed by atoms with van der Waals surface area (Å²) in [6, 6.07) is 13.6. The van der Waals surface area contributed by atoms with E-state index < -0.39 is 0 Å². The van der Waals surface area contributed by atoms with Gasteiger partial charge in [0.2, 0.25) is 0 Å². The van der Waals surface area contributed by atoms with Crippen molar-refractivity contribution in [1.82, 2.24) is 9.97 Å². The summed E-state index contributed by atoms with van der Waals surface area (Å²) in [7, 11) is 0. The molecule has 2 heterocycles. The summed E-state index contributed by atoms with van der Waals surface area (Å²) >= 11 is 1.41. The Morgan fingerprint density at radius 1 is 1.08 bits per heavy atom. The maximum atomic E-state index is 13.4. The Bertz CT molecular complexity index is 1050. The van der Waals surface area contributed by atoms with Crippen LogP contribution in [0.3, 0.4) is 0 Å². The fraction of sp³-hybridized carbons (Fsp3) is 0.0556. The molecule has 0 fully saturated rings. The zero-order chi connectivity index (χ0) is 16.7. The number of anilines is 1. The van der Waals surface area contributed by atoms with E-state index in [0.29, 0.717) is 27.3 Å². The van der Waals surface area contributed by atoms with E-state index in [2.05, 4.69) is 15.3 Å². The number of amides is 1. The van der Waals surface area contributed by atoms with Crippen molar-refractivity contribution in [1.29, 1.82) is 0 Å². The number of fused-ring (bicyclic) bond motifs is 2. The highest BCUT2D eigenvalue weighted by molar-refractivity contribution is 7.22. The van der Waals surface area contributed by atoms with Gasteiger partial charge in [-0.3, -0.25) is 15.1 Å². The van der Waals surface area contributed by atoms with Crippen LogP contribution in [0.15, 0.2) is 48.5 Å². The quantitative estimate of drug-likeness (QED) is 0.584. The molecule has 0 saturated carbocycles. The third-order valence-corrected chi connectivity index (χ3v) is 4.61. The highest BCUT2D eigenvalue weighted by Gasteiger charge is 2.14. The average Bonchev–Trinajstić information content (AvgIpc) is 2.95. The van der Waals surface area contributed by atoms with Crippen molar-refractivity contribution < 1.29 is 9.18 Å². The number of hydrogen-bond donors (Lipinski definition) is 1. The highest BCUT2D eigenvalue weighted by atomic mass is 32.1. The smallest absolute Gasteiger partial charge is 0.258 e. The molecule has 0 radical (unpaired) electrons. The minimum absolute atomic E-state index is 0.281. The third-order valence-electron chi connectivity index (χ3n) is 3.66. The number of pyridine rings is 1. The van der Waals surface area contributed by atoms with Gasteiger partial charge in [-0.1, -0.05) is 23.5 Å². The van der Waals surface area contributed by atoms with Crippen LogP contribution in [0.2, 0.25) is 0 Å². The highest BCUT2D eigenvalue weighted by Crippen LogP contribution is 2.27. The van der Waals surface area contributed by atoms with E-state index >= 15 is 0 Å². The topological polar surface area (TPSA) is 54.9 Å². The van der Waals surface area contributed by atoms with Crippen molar-refractivity contribution >= 4 is 43.5 Å². The second-order valence-corrected chi connectivity index (χ2v) is 6.44. The van der Waals surface area contributed by atoms with Gasteiger partial charge >= 0.3 is 0 Å². The fourth-order valence-electron chi connectivity index (χ4n) is 2.61. The molecule has 4 rings (SSSR count). The lowest BCUT2D eigenvalue weighted by molar-refractivity contribution is 0.102. The van der Waals surface area contributed by atoms with Crippen molar-refractivity contribution in [3.63, 3.8) is 0 Å². The van der Waals surface area contributed by atoms with Crippen LogP contribution >= 0.6 is 11.3 Å². The Morgan fingerprint density at radius 3 is 2.75 bits per heavy atom. The number of nitrogens with one attached hydrogen (secondary N) is 1. The molecule has 4 aromatic rings. The standard InChI is InChI=1S/C18H12FN3OS/c1-10-8-13(12-7-6-11(19)9-15(12)20-10)17(23)22-18-21-14-4-2-3-5-16(14)24-18/h2-9H,1H3,(H,21,22,23). The van der Waals surface area contributed by atoms with Gasteiger partial charge in [0, 0.05) is 17.1 Å². The van der Waals surface area contributed by atoms with E-state index in [-0.39, 0.29) is 11.7 Å². The molecule has 2 aromatic carbocycles. The molecule has 4 nitrogen and oxygen atoms in total. The van der Waals surface area contributed by atoms with Crippen LogP contribution in [0, 0.1) is 12.7 Å². The van der Waals surface area contributed by atoms with Gasteiger partial charge in [-0.15, -0.1) is 0 Å². The molecule has 0 unspecified atom stereocenters. The van der Waals surface area contributed by atoms with E-state index in [1.807, 2.05) is 24.3 Å². The number of benzene rings is 2. The molecule has 24 heavy (non-hydrogen) atoms. The van der Waals surface area contributed by atoms with Crippen LogP contribution in [0.5, 0.6) is 0 Å². The van der Waals surface area contributed by atoms with Crippen molar-refractivity contribution in [2.45, 2.75) is 6.92 Å². The molecule has 0 saturated heterocycles. The van der Waals surface area contributed by atoms with Gasteiger partial charge in [0.05, 0.1) is 21.3 Å². The summed E-state index contributed by atoms with van der Waals surface area (Å²) in [6.45, 7) is 1.78. The van der Waals surface area contributed by atoms with Gasteiger partial charge in [-0.25, -0.2) is 9.37 Å². The van der Waals surface area contributed by atoms with Crippen LogP contribution in [0.1, 0.15) is 16.1 Å². The molecule has 0 aliphatic rings. The number of aromatic nitrogens is 2. The molecule has 0 spiro atoms. The van der Waals surface area contributed by atoms with E-state index in [9.17, 15) is 9.18 Å². The minimum atomic E-state index is -0.377. The van der Waals surface area contributed by atoms with Crippen LogP contribution in [0.4, 0.5) is 9.52 Å². The maximum Gasteiger partial charge on any atom is 0.258 e. The van der Waals surface area contributed by atoms with Crippen molar-refractivity contribution in [2.75, 3.05) is 5.32 Å². The normalized spacial score (nSPS) is 11.1. The fourth-order valence-corrected chi connectivity index (χ4v) is 3.47. The van der Waals surface area contributed by atoms with Crippen LogP contribution in [0.25, 0.3) is 21.1 Å². The number of aryl methyl sites for hydroxylation is 1. The van der Waals surface area contributed by atoms with E-state index in [4.69, 9.17) is 0 Å². The van der Waals surface area contributed by atoms with Gasteiger partial charge in [0.25, 0.3) is 5.91 Å². The van der Waals surface area contributed by atoms with E-state index in [0.717, 1.165) is 10.2 Å². The lowest BCUT2D eigenvalue weighted by Crippen LogP contribution is -2.13. The Labute approximate surface area is 141 Å². The number of carbonyl (C=O) groups is 1. The van der Waals surface area contributed by atoms with Gasteiger partial charge in [-0.05, 0) is 37.3 Å². The molecule has 0 atom stereocenters. The molecular formula is C18H12FN3OS. The van der Waals surface area contributed by atoms with Crippen LogP contribution in [-0.4, -0.2) is 15.9 Å². The predicted octanol–water partition coefficient (Wildman–Crippen LogP) is 4.54. The second kappa shape index (κ2) is 5.65. The van der Waals surface area contributed by atoms with Gasteiger partial charge in [0.1, 0.15) is 5.82 Å². The number of rotatable bonds is 2. The molecular weight excluding hydrogens is 325 g/mol. The molecule has 1 N–H and O–H groups in total. The summed E-state index contributed by atoms with van der Waals surface area (Å²) in [4.78, 5) is 21.4. The van der Waals surface area contributed by atoms with Gasteiger partial charge in [0.15, 0.2) is 5.13 Å². The lowest BCUT2D eigenvalue weighted by atomic mass is 10.1. The summed E-state index contributed by atoms with van der Waals surface area (Å²) < 4.78 is 14.4. The van der Waals surface area contributed by atoms with E-state index in [1.54, 1.807) is 19.1 Å². The van der Waals surface area contributed by atoms with Crippen molar-refractivity contribution in [3.8, 4) is 0 Å². The SMILES string of the molecule is Cc1cc(C(=O)Nc2nc3ccccc3s2)c2ccc(F)cc2n1. The monoisotopic (exact) mass is 337 g/mol. The number of thiazole rings is 1. The Balaban J connectivity index is 1.75. The number of carbonyl (C=O) groups excluding carboxylic acids is 1.